The fourth-order valence-electron chi connectivity index (χ4n) is 11.3. The number of unbranched alkanes of at least 4 members (excludes halogenated alkanes) is 18. The summed E-state index contributed by atoms with van der Waals surface area (Å²) in [5.41, 5.74) is 14.9. The van der Waals surface area contributed by atoms with E-state index in [4.69, 9.17) is 28.4 Å². The van der Waals surface area contributed by atoms with Crippen molar-refractivity contribution >= 4 is 8.07 Å². The summed E-state index contributed by atoms with van der Waals surface area (Å²) in [5.74, 6) is 41.5. The summed E-state index contributed by atoms with van der Waals surface area (Å²) in [4.78, 5) is 0. The topological polar surface area (TPSA) is 75.6 Å². The van der Waals surface area contributed by atoms with Crippen LogP contribution in [0.5, 0.6) is 34.5 Å². The Bertz CT molecular complexity index is 3880. The van der Waals surface area contributed by atoms with Gasteiger partial charge in [0.1, 0.15) is 48.2 Å². The van der Waals surface area contributed by atoms with Crippen LogP contribution in [0.25, 0.3) is 22.3 Å². The van der Waals surface area contributed by atoms with Gasteiger partial charge in [-0.2, -0.15) is 0 Å². The molecule has 0 heterocycles. The van der Waals surface area contributed by atoms with Gasteiger partial charge in [0.2, 0.25) is 0 Å². The Labute approximate surface area is 628 Å². The average Bonchev–Trinajstić information content (AvgIpc) is 0.830. The van der Waals surface area contributed by atoms with Gasteiger partial charge in [-0.15, -0.1) is 5.54 Å². The zero-order chi connectivity index (χ0) is 74.0. The number of aliphatic hydroxyl groups is 1. The molecule has 7 nitrogen and oxygen atoms in total. The van der Waals surface area contributed by atoms with Crippen LogP contribution in [-0.4, -0.2) is 58.4 Å². The van der Waals surface area contributed by atoms with E-state index >= 15 is 0 Å². The summed E-state index contributed by atoms with van der Waals surface area (Å²) < 4.78 is 38.9. The van der Waals surface area contributed by atoms with Crippen LogP contribution in [0.3, 0.4) is 0 Å². The fourth-order valence-corrected chi connectivity index (χ4v) is 11.8. The van der Waals surface area contributed by atoms with E-state index in [1.165, 1.54) is 25.7 Å². The molecule has 546 valence electrons. The van der Waals surface area contributed by atoms with Crippen LogP contribution in [0, 0.1) is 70.7 Å². The molecule has 0 saturated carbocycles. The number of hydrogen-bond donors (Lipinski definition) is 1. The predicted octanol–water partition coefficient (Wildman–Crippen LogP) is 23.7. The van der Waals surface area contributed by atoms with Gasteiger partial charge in [-0.3, -0.25) is 0 Å². The molecule has 0 aromatic heterocycles. The molecule has 1 N–H and O–H groups in total. The van der Waals surface area contributed by atoms with E-state index in [1.54, 1.807) is 13.8 Å². The van der Waals surface area contributed by atoms with Gasteiger partial charge in [0.25, 0.3) is 0 Å². The third kappa shape index (κ3) is 30.3. The zero-order valence-corrected chi connectivity index (χ0v) is 65.8. The van der Waals surface area contributed by atoms with Gasteiger partial charge in [0.15, 0.2) is 0 Å². The molecule has 0 radical (unpaired) electrons. The maximum absolute atomic E-state index is 10.5. The number of benzene rings is 7. The van der Waals surface area contributed by atoms with Gasteiger partial charge >= 0.3 is 0 Å². The quantitative estimate of drug-likeness (QED) is 0.0235. The Balaban J connectivity index is 1.11. The molecular formula is C96H116O7Si. The smallest absolute Gasteiger partial charge is 0.136 e. The maximum atomic E-state index is 10.5. The Hall–Kier alpha value is -9.12. The van der Waals surface area contributed by atoms with Gasteiger partial charge in [0, 0.05) is 58.7 Å². The van der Waals surface area contributed by atoms with Gasteiger partial charge in [-0.25, -0.2) is 0 Å². The van der Waals surface area contributed by atoms with E-state index in [0.717, 1.165) is 212 Å². The van der Waals surface area contributed by atoms with Crippen molar-refractivity contribution in [1.82, 2.24) is 0 Å². The summed E-state index contributed by atoms with van der Waals surface area (Å²) in [5, 5.41) is 10.5. The SMILES string of the molecule is CCCCCCOc1cc(C#Cc2ccc(-c3ccc(C#Cc4cc(OCCCCCC)c(C#C[Si](C)(C)C)cc4OCCCCCC)cc3)cc2)c(OCCCCCC)cc1C#Cc1ccc(-c2ccc(C#Cc3cc(OCCCCCC)c(C#CC(C)(C)O)cc3OCCCCCC)cc2)cc1. The summed E-state index contributed by atoms with van der Waals surface area (Å²) in [6, 6.07) is 45.6. The van der Waals surface area contributed by atoms with Crippen molar-refractivity contribution in [2.24, 2.45) is 0 Å². The fraction of sp³-hybridized carbons (Fsp3) is 0.438. The minimum Gasteiger partial charge on any atom is -0.492 e. The molecule has 0 amide bonds. The highest BCUT2D eigenvalue weighted by Gasteiger charge is 2.17. The van der Waals surface area contributed by atoms with Crippen molar-refractivity contribution < 1.29 is 33.5 Å². The molecule has 0 aliphatic heterocycles. The molecule has 0 aliphatic carbocycles. The number of ether oxygens (including phenoxy) is 6. The van der Waals surface area contributed by atoms with Crippen molar-refractivity contribution in [1.29, 1.82) is 0 Å². The lowest BCUT2D eigenvalue weighted by Crippen LogP contribution is -2.16. The van der Waals surface area contributed by atoms with Crippen LogP contribution >= 0.6 is 0 Å². The van der Waals surface area contributed by atoms with E-state index in [2.05, 4.69) is 235 Å². The van der Waals surface area contributed by atoms with Crippen LogP contribution in [0.15, 0.2) is 133 Å². The largest absolute Gasteiger partial charge is 0.492 e. The van der Waals surface area contributed by atoms with E-state index in [0.29, 0.717) is 68.2 Å². The van der Waals surface area contributed by atoms with E-state index in [1.807, 2.05) is 30.3 Å². The highest BCUT2D eigenvalue weighted by molar-refractivity contribution is 6.83. The highest BCUT2D eigenvalue weighted by atomic mass is 28.3. The van der Waals surface area contributed by atoms with Crippen molar-refractivity contribution in [3.8, 4) is 127 Å². The standard InChI is InChI=1S/C96H116O7Si/c1-12-18-24-30-63-98-90-71-85(57-45-77-38-50-81(51-39-77)83-54-42-79(43-55-83)47-59-87-73-95(103-68-35-29-23-17-6)89(61-69-104(9,10)11)75-93(87)101-66-33-27-21-15-4)91(99-64-31-25-19-13-2)70-84(90)56-44-76-36-48-80(49-37-76)82-52-40-78(41-53-82)46-58-86-72-94(102-67-34-28-22-16-5)88(60-62-96(7,8)97)74-92(86)100-65-32-26-20-14-3/h36-43,48-55,70-75,97H,12-35,63-68H2,1-11H3. The van der Waals surface area contributed by atoms with Crippen LogP contribution in [0.4, 0.5) is 0 Å². The van der Waals surface area contributed by atoms with Crippen LogP contribution in [0.2, 0.25) is 19.6 Å². The lowest BCUT2D eigenvalue weighted by atomic mass is 10.0. The Kier molecular flexibility index (Phi) is 36.2. The van der Waals surface area contributed by atoms with Crippen molar-refractivity contribution in [2.75, 3.05) is 39.6 Å². The first-order valence-corrected chi connectivity index (χ1v) is 42.7. The molecule has 0 atom stereocenters. The van der Waals surface area contributed by atoms with Gasteiger partial charge < -0.3 is 33.5 Å². The molecular weight excluding hydrogens is 1290 g/mol. The lowest BCUT2D eigenvalue weighted by Gasteiger charge is -2.14. The van der Waals surface area contributed by atoms with Gasteiger partial charge in [-0.1, -0.05) is 290 Å². The maximum Gasteiger partial charge on any atom is 0.136 e. The summed E-state index contributed by atoms with van der Waals surface area (Å²) >= 11 is 0. The third-order valence-electron chi connectivity index (χ3n) is 17.4. The van der Waals surface area contributed by atoms with Crippen molar-refractivity contribution in [3.63, 3.8) is 0 Å². The minimum atomic E-state index is -1.65. The second-order valence-electron chi connectivity index (χ2n) is 28.6. The first kappa shape index (κ1) is 82.2. The monoisotopic (exact) mass is 1410 g/mol. The zero-order valence-electron chi connectivity index (χ0n) is 64.8. The molecule has 0 spiro atoms. The van der Waals surface area contributed by atoms with Crippen LogP contribution < -0.4 is 28.4 Å². The molecule has 7 aromatic carbocycles. The Morgan fingerprint density at radius 2 is 0.471 bits per heavy atom. The number of rotatable bonds is 38. The van der Waals surface area contributed by atoms with Gasteiger partial charge in [0.05, 0.1) is 73.0 Å². The summed E-state index contributed by atoms with van der Waals surface area (Å²) in [7, 11) is -1.65. The summed E-state index contributed by atoms with van der Waals surface area (Å²) in [6.07, 6.45) is 26.4. The highest BCUT2D eigenvalue weighted by Crippen LogP contribution is 2.34. The second-order valence-corrected chi connectivity index (χ2v) is 33.4. The first-order valence-electron chi connectivity index (χ1n) is 39.2. The van der Waals surface area contributed by atoms with E-state index < -0.39 is 13.7 Å². The molecule has 8 heteroatoms. The van der Waals surface area contributed by atoms with E-state index in [-0.39, 0.29) is 0 Å². The molecule has 0 saturated heterocycles. The molecule has 0 unspecified atom stereocenters. The Morgan fingerprint density at radius 3 is 0.663 bits per heavy atom. The van der Waals surface area contributed by atoms with Crippen molar-refractivity contribution in [3.05, 3.63) is 189 Å². The summed E-state index contributed by atoms with van der Waals surface area (Å²) in [6.45, 7) is 27.1. The average molecular weight is 1410 g/mol. The molecule has 7 rings (SSSR count). The predicted molar refractivity (Wildman–Crippen MR) is 438 cm³/mol. The molecule has 0 bridgehead atoms. The van der Waals surface area contributed by atoms with E-state index in [9.17, 15) is 5.11 Å². The van der Waals surface area contributed by atoms with Crippen LogP contribution in [-0.2, 0) is 0 Å². The lowest BCUT2D eigenvalue weighted by molar-refractivity contribution is 0.143. The Morgan fingerprint density at radius 1 is 0.269 bits per heavy atom. The molecule has 0 fully saturated rings. The first-order chi connectivity index (χ1) is 50.6. The van der Waals surface area contributed by atoms with Crippen molar-refractivity contribution in [2.45, 2.75) is 235 Å². The van der Waals surface area contributed by atoms with Crippen LogP contribution in [0.1, 0.15) is 265 Å². The minimum absolute atomic E-state index is 0.573. The van der Waals surface area contributed by atoms with Gasteiger partial charge in [-0.05, 0) is 123 Å². The normalized spacial score (nSPS) is 10.8. The molecule has 0 aliphatic rings. The number of hydrogen-bond acceptors (Lipinski definition) is 7. The molecule has 7 aromatic rings. The molecule has 104 heavy (non-hydrogen) atoms. The third-order valence-corrected chi connectivity index (χ3v) is 18.3. The second kappa shape index (κ2) is 45.9.